The number of benzene rings is 1. The molecule has 0 atom stereocenters. The Balaban J connectivity index is 1.80. The van der Waals surface area contributed by atoms with Crippen LogP contribution in [0.3, 0.4) is 0 Å². The van der Waals surface area contributed by atoms with Crippen LogP contribution in [-0.4, -0.2) is 22.5 Å². The van der Waals surface area contributed by atoms with Crippen LogP contribution in [0.15, 0.2) is 55.3 Å². The van der Waals surface area contributed by atoms with Crippen molar-refractivity contribution >= 4 is 22.6 Å². The van der Waals surface area contributed by atoms with Crippen molar-refractivity contribution in [1.82, 2.24) is 9.97 Å². The van der Waals surface area contributed by atoms with Gasteiger partial charge in [-0.3, -0.25) is 9.78 Å². The quantitative estimate of drug-likeness (QED) is 0.488. The maximum absolute atomic E-state index is 14.6. The summed E-state index contributed by atoms with van der Waals surface area (Å²) in [6, 6.07) is 9.96. The van der Waals surface area contributed by atoms with Gasteiger partial charge in [-0.15, -0.1) is 6.58 Å². The Hall–Kier alpha value is -3.28. The number of rotatable bonds is 7. The van der Waals surface area contributed by atoms with Gasteiger partial charge in [-0.2, -0.15) is 0 Å². The predicted molar refractivity (Wildman–Crippen MR) is 104 cm³/mol. The van der Waals surface area contributed by atoms with Gasteiger partial charge in [-0.1, -0.05) is 12.1 Å². The summed E-state index contributed by atoms with van der Waals surface area (Å²) in [5, 5.41) is 2.58. The summed E-state index contributed by atoms with van der Waals surface area (Å²) < 4.78 is 20.1. The van der Waals surface area contributed by atoms with Crippen LogP contribution in [0.4, 0.5) is 10.1 Å². The SMILES string of the molecule is C=CCCCOc1cccc(NC(=O)c2nc3cccnc3cc2C)c1F. The van der Waals surface area contributed by atoms with Crippen molar-refractivity contribution in [3.05, 3.63) is 72.3 Å². The third-order valence-electron chi connectivity index (χ3n) is 4.01. The summed E-state index contributed by atoms with van der Waals surface area (Å²) in [6.45, 7) is 5.78. The number of anilines is 1. The molecule has 0 saturated heterocycles. The molecule has 138 valence electrons. The van der Waals surface area contributed by atoms with Crippen molar-refractivity contribution in [2.24, 2.45) is 0 Å². The lowest BCUT2D eigenvalue weighted by molar-refractivity contribution is 0.102. The highest BCUT2D eigenvalue weighted by Crippen LogP contribution is 2.25. The van der Waals surface area contributed by atoms with E-state index < -0.39 is 11.7 Å². The molecule has 0 aliphatic heterocycles. The molecule has 0 fully saturated rings. The third kappa shape index (κ3) is 4.28. The van der Waals surface area contributed by atoms with E-state index in [0.717, 1.165) is 12.8 Å². The number of nitrogens with one attached hydrogen (secondary N) is 1. The zero-order valence-corrected chi connectivity index (χ0v) is 15.0. The molecule has 27 heavy (non-hydrogen) atoms. The number of nitrogens with zero attached hydrogens (tertiary/aromatic N) is 2. The number of halogens is 1. The first-order valence-electron chi connectivity index (χ1n) is 8.66. The average molecular weight is 365 g/mol. The smallest absolute Gasteiger partial charge is 0.274 e. The average Bonchev–Trinajstić information content (AvgIpc) is 2.67. The number of fused-ring (bicyclic) bond motifs is 1. The fraction of sp³-hybridized carbons (Fsp3) is 0.190. The van der Waals surface area contributed by atoms with Crippen LogP contribution < -0.4 is 10.1 Å². The molecule has 2 heterocycles. The molecule has 0 radical (unpaired) electrons. The molecule has 0 saturated carbocycles. The van der Waals surface area contributed by atoms with E-state index in [1.54, 1.807) is 43.5 Å². The van der Waals surface area contributed by atoms with E-state index in [2.05, 4.69) is 21.9 Å². The Morgan fingerprint density at radius 1 is 1.30 bits per heavy atom. The van der Waals surface area contributed by atoms with Gasteiger partial charge in [0.05, 0.1) is 23.3 Å². The van der Waals surface area contributed by atoms with Gasteiger partial charge in [-0.05, 0) is 55.7 Å². The van der Waals surface area contributed by atoms with Crippen molar-refractivity contribution in [2.75, 3.05) is 11.9 Å². The molecule has 1 amide bonds. The highest BCUT2D eigenvalue weighted by molar-refractivity contribution is 6.05. The number of aromatic nitrogens is 2. The molecule has 5 nitrogen and oxygen atoms in total. The van der Waals surface area contributed by atoms with Crippen molar-refractivity contribution in [3.63, 3.8) is 0 Å². The topological polar surface area (TPSA) is 64.1 Å². The Morgan fingerprint density at radius 2 is 2.15 bits per heavy atom. The van der Waals surface area contributed by atoms with Gasteiger partial charge in [-0.25, -0.2) is 9.37 Å². The zero-order chi connectivity index (χ0) is 19.2. The number of allylic oxidation sites excluding steroid dienone is 1. The van der Waals surface area contributed by atoms with E-state index in [-0.39, 0.29) is 17.1 Å². The van der Waals surface area contributed by atoms with Gasteiger partial charge in [0.1, 0.15) is 5.69 Å². The van der Waals surface area contributed by atoms with Gasteiger partial charge in [0.25, 0.3) is 5.91 Å². The van der Waals surface area contributed by atoms with Crippen LogP contribution in [0.25, 0.3) is 11.0 Å². The van der Waals surface area contributed by atoms with Gasteiger partial charge in [0.2, 0.25) is 0 Å². The Bertz CT molecular complexity index is 988. The first-order chi connectivity index (χ1) is 13.1. The molecule has 0 bridgehead atoms. The molecule has 3 aromatic rings. The van der Waals surface area contributed by atoms with E-state index in [1.165, 1.54) is 12.1 Å². The number of unbranched alkanes of at least 4 members (excludes halogenated alkanes) is 1. The molecule has 0 spiro atoms. The van der Waals surface area contributed by atoms with Crippen LogP contribution in [0.1, 0.15) is 28.9 Å². The second-order valence-electron chi connectivity index (χ2n) is 6.05. The normalized spacial score (nSPS) is 10.6. The number of hydrogen-bond donors (Lipinski definition) is 1. The number of hydrogen-bond acceptors (Lipinski definition) is 4. The van der Waals surface area contributed by atoms with E-state index >= 15 is 0 Å². The number of carbonyl (C=O) groups is 1. The van der Waals surface area contributed by atoms with E-state index in [0.29, 0.717) is 23.2 Å². The minimum Gasteiger partial charge on any atom is -0.490 e. The lowest BCUT2D eigenvalue weighted by atomic mass is 10.1. The summed E-state index contributed by atoms with van der Waals surface area (Å²) in [5.74, 6) is -0.991. The first-order valence-corrected chi connectivity index (χ1v) is 8.66. The van der Waals surface area contributed by atoms with E-state index in [4.69, 9.17) is 4.74 Å². The minimum absolute atomic E-state index is 0.0497. The highest BCUT2D eigenvalue weighted by Gasteiger charge is 2.16. The van der Waals surface area contributed by atoms with Gasteiger partial charge >= 0.3 is 0 Å². The van der Waals surface area contributed by atoms with Gasteiger partial charge in [0.15, 0.2) is 11.6 Å². The largest absolute Gasteiger partial charge is 0.490 e. The second-order valence-corrected chi connectivity index (χ2v) is 6.05. The van der Waals surface area contributed by atoms with Crippen LogP contribution in [-0.2, 0) is 0 Å². The summed E-state index contributed by atoms with van der Waals surface area (Å²) in [6.07, 6.45) is 4.98. The van der Waals surface area contributed by atoms with Crippen molar-refractivity contribution in [3.8, 4) is 5.75 Å². The number of ether oxygens (including phenoxy) is 1. The third-order valence-corrected chi connectivity index (χ3v) is 4.01. The minimum atomic E-state index is -0.607. The number of carbonyl (C=O) groups excluding carboxylic acids is 1. The maximum atomic E-state index is 14.6. The molecule has 0 aliphatic rings. The first kappa shape index (κ1) is 18.5. The molecule has 0 aliphatic carbocycles. The molecule has 1 N–H and O–H groups in total. The molecule has 6 heteroatoms. The van der Waals surface area contributed by atoms with Crippen LogP contribution in [0.2, 0.25) is 0 Å². The maximum Gasteiger partial charge on any atom is 0.274 e. The Labute approximate surface area is 156 Å². The molecule has 3 rings (SSSR count). The lowest BCUT2D eigenvalue weighted by Crippen LogP contribution is -2.16. The summed E-state index contributed by atoms with van der Waals surface area (Å²) in [7, 11) is 0. The van der Waals surface area contributed by atoms with Gasteiger partial charge < -0.3 is 10.1 Å². The predicted octanol–water partition coefficient (Wildman–Crippen LogP) is 4.67. The standard InChI is InChI=1S/C21H20FN3O2/c1-3-4-5-12-27-18-10-6-8-16(19(18)22)25-21(26)20-14(2)13-17-15(24-20)9-7-11-23-17/h3,6-11,13H,1,4-5,12H2,2H3,(H,25,26). The Morgan fingerprint density at radius 3 is 2.96 bits per heavy atom. The number of pyridine rings is 2. The molecular formula is C21H20FN3O2. The van der Waals surface area contributed by atoms with E-state index in [1.807, 2.05) is 0 Å². The zero-order valence-electron chi connectivity index (χ0n) is 15.0. The van der Waals surface area contributed by atoms with Crippen LogP contribution in [0, 0.1) is 12.7 Å². The fourth-order valence-corrected chi connectivity index (χ4v) is 2.64. The van der Waals surface area contributed by atoms with Crippen molar-refractivity contribution in [1.29, 1.82) is 0 Å². The van der Waals surface area contributed by atoms with Crippen LogP contribution in [0.5, 0.6) is 5.75 Å². The number of aryl methyl sites for hydroxylation is 1. The second kappa shape index (κ2) is 8.40. The lowest BCUT2D eigenvalue weighted by Gasteiger charge is -2.12. The van der Waals surface area contributed by atoms with Gasteiger partial charge in [0, 0.05) is 6.20 Å². The highest BCUT2D eigenvalue weighted by atomic mass is 19.1. The fourth-order valence-electron chi connectivity index (χ4n) is 2.64. The Kier molecular flexibility index (Phi) is 5.76. The molecule has 2 aromatic heterocycles. The number of amides is 1. The van der Waals surface area contributed by atoms with Crippen molar-refractivity contribution < 1.29 is 13.9 Å². The van der Waals surface area contributed by atoms with Crippen molar-refractivity contribution in [2.45, 2.75) is 19.8 Å². The van der Waals surface area contributed by atoms with E-state index in [9.17, 15) is 9.18 Å². The summed E-state index contributed by atoms with van der Waals surface area (Å²) in [5.41, 5.74) is 2.25. The molecule has 0 unspecified atom stereocenters. The van der Waals surface area contributed by atoms with Crippen LogP contribution >= 0.6 is 0 Å². The molecular weight excluding hydrogens is 345 g/mol. The summed E-state index contributed by atoms with van der Waals surface area (Å²) in [4.78, 5) is 21.2. The monoisotopic (exact) mass is 365 g/mol. The molecule has 1 aromatic carbocycles. The summed E-state index contributed by atoms with van der Waals surface area (Å²) >= 11 is 0.